The summed E-state index contributed by atoms with van der Waals surface area (Å²) in [5.41, 5.74) is 1.06. The first kappa shape index (κ1) is 21.6. The van der Waals surface area contributed by atoms with Gasteiger partial charge in [0.05, 0.1) is 17.7 Å². The number of hydrogen-bond donors (Lipinski definition) is 1. The molecule has 2 aromatic carbocycles. The summed E-state index contributed by atoms with van der Waals surface area (Å²) in [7, 11) is -2.25. The van der Waals surface area contributed by atoms with Gasteiger partial charge in [0.2, 0.25) is 15.9 Å². The average molecular weight is 439 g/mol. The van der Waals surface area contributed by atoms with E-state index in [-0.39, 0.29) is 23.2 Å². The monoisotopic (exact) mass is 438 g/mol. The highest BCUT2D eigenvalue weighted by Gasteiger charge is 2.26. The van der Waals surface area contributed by atoms with Crippen LogP contribution in [0.1, 0.15) is 18.4 Å². The number of anilines is 1. The molecule has 1 N–H and O–H groups in total. The van der Waals surface area contributed by atoms with E-state index in [1.807, 2.05) is 0 Å². The summed E-state index contributed by atoms with van der Waals surface area (Å²) in [5.74, 6) is 1.12. The highest BCUT2D eigenvalue weighted by molar-refractivity contribution is 7.98. The predicted molar refractivity (Wildman–Crippen MR) is 112 cm³/mol. The van der Waals surface area contributed by atoms with Crippen molar-refractivity contribution >= 4 is 33.4 Å². The number of rotatable bonds is 9. The number of ether oxygens (including phenoxy) is 1. The van der Waals surface area contributed by atoms with Crippen LogP contribution in [-0.4, -0.2) is 40.3 Å². The second-order valence-electron chi connectivity index (χ2n) is 6.52. The van der Waals surface area contributed by atoms with Crippen LogP contribution in [0.5, 0.6) is 5.75 Å². The first-order valence-electron chi connectivity index (χ1n) is 9.21. The molecule has 1 aliphatic heterocycles. The Morgan fingerprint density at radius 3 is 2.72 bits per heavy atom. The first-order chi connectivity index (χ1) is 13.9. The lowest BCUT2D eigenvalue weighted by Gasteiger charge is -2.20. The zero-order valence-electron chi connectivity index (χ0n) is 16.1. The summed E-state index contributed by atoms with van der Waals surface area (Å²) in [6.07, 6.45) is 1.17. The number of sulfonamides is 1. The van der Waals surface area contributed by atoms with Crippen molar-refractivity contribution in [1.29, 1.82) is 0 Å². The van der Waals surface area contributed by atoms with Gasteiger partial charge in [-0.15, -0.1) is 0 Å². The number of benzene rings is 2. The summed E-state index contributed by atoms with van der Waals surface area (Å²) in [6.45, 7) is 0.754. The van der Waals surface area contributed by atoms with Crippen LogP contribution in [0.25, 0.3) is 0 Å². The third kappa shape index (κ3) is 5.29. The summed E-state index contributed by atoms with van der Waals surface area (Å²) in [4.78, 5) is 13.7. The molecule has 9 heteroatoms. The van der Waals surface area contributed by atoms with Crippen molar-refractivity contribution in [3.05, 3.63) is 53.8 Å². The van der Waals surface area contributed by atoms with Crippen LogP contribution in [-0.2, 0) is 20.6 Å². The van der Waals surface area contributed by atoms with Crippen LogP contribution in [0.4, 0.5) is 10.1 Å². The van der Waals surface area contributed by atoms with Crippen molar-refractivity contribution in [3.63, 3.8) is 0 Å². The third-order valence-electron chi connectivity index (χ3n) is 4.58. The van der Waals surface area contributed by atoms with Crippen LogP contribution >= 0.6 is 11.8 Å². The molecule has 1 aliphatic rings. The summed E-state index contributed by atoms with van der Waals surface area (Å²) in [6, 6.07) is 11.0. The zero-order chi connectivity index (χ0) is 20.9. The van der Waals surface area contributed by atoms with E-state index in [0.717, 1.165) is 6.42 Å². The van der Waals surface area contributed by atoms with Gasteiger partial charge in [0.15, 0.2) is 0 Å². The molecule has 0 atom stereocenters. The van der Waals surface area contributed by atoms with Gasteiger partial charge in [-0.1, -0.05) is 18.2 Å². The van der Waals surface area contributed by atoms with E-state index < -0.39 is 10.0 Å². The molecule has 1 fully saturated rings. The van der Waals surface area contributed by atoms with Crippen LogP contribution in [0.3, 0.4) is 0 Å². The van der Waals surface area contributed by atoms with E-state index in [4.69, 9.17) is 4.74 Å². The Bertz CT molecular complexity index is 982. The lowest BCUT2D eigenvalue weighted by atomic mass is 10.2. The van der Waals surface area contributed by atoms with Crippen molar-refractivity contribution < 1.29 is 22.3 Å². The number of methoxy groups -OCH3 is 1. The van der Waals surface area contributed by atoms with E-state index in [1.54, 1.807) is 29.2 Å². The van der Waals surface area contributed by atoms with Gasteiger partial charge in [-0.2, -0.15) is 11.8 Å². The molecule has 0 aromatic heterocycles. The second-order valence-corrected chi connectivity index (χ2v) is 9.40. The third-order valence-corrected chi connectivity index (χ3v) is 7.05. The average Bonchev–Trinajstić information content (AvgIpc) is 3.14. The topological polar surface area (TPSA) is 75.7 Å². The molecule has 1 amide bonds. The summed E-state index contributed by atoms with van der Waals surface area (Å²) >= 11 is 1.45. The van der Waals surface area contributed by atoms with Gasteiger partial charge >= 0.3 is 0 Å². The molecule has 2 aromatic rings. The molecule has 3 rings (SSSR count). The minimum absolute atomic E-state index is 0.0460. The fourth-order valence-electron chi connectivity index (χ4n) is 3.08. The molecule has 0 radical (unpaired) electrons. The van der Waals surface area contributed by atoms with Crippen molar-refractivity contribution in [2.45, 2.75) is 23.5 Å². The number of carbonyl (C=O) groups excluding carboxylic acids is 1. The number of halogens is 1. The molecule has 0 bridgehead atoms. The molecular formula is C20H23FN2O4S2. The highest BCUT2D eigenvalue weighted by atomic mass is 32.2. The Hall–Kier alpha value is -2.10. The molecule has 6 nitrogen and oxygen atoms in total. The lowest BCUT2D eigenvalue weighted by Crippen LogP contribution is -2.27. The van der Waals surface area contributed by atoms with E-state index in [0.29, 0.717) is 41.5 Å². The maximum atomic E-state index is 13.6. The zero-order valence-corrected chi connectivity index (χ0v) is 17.7. The maximum Gasteiger partial charge on any atom is 0.240 e. The van der Waals surface area contributed by atoms with Crippen LogP contribution in [0, 0.1) is 5.82 Å². The smallest absolute Gasteiger partial charge is 0.240 e. The fraction of sp³-hybridized carbons (Fsp3) is 0.350. The molecule has 156 valence electrons. The van der Waals surface area contributed by atoms with Gasteiger partial charge in [-0.05, 0) is 36.2 Å². The lowest BCUT2D eigenvalue weighted by molar-refractivity contribution is -0.117. The van der Waals surface area contributed by atoms with Crippen molar-refractivity contribution in [2.75, 3.05) is 30.9 Å². The van der Waals surface area contributed by atoms with Crippen molar-refractivity contribution in [2.24, 2.45) is 0 Å². The summed E-state index contributed by atoms with van der Waals surface area (Å²) < 4.78 is 46.7. The fourth-order valence-corrected chi connectivity index (χ4v) is 5.11. The Morgan fingerprint density at radius 1 is 1.24 bits per heavy atom. The Labute approximate surface area is 174 Å². The standard InChI is InChI=1S/C20H23FN2O4S2/c1-27-19-9-8-16(13-18(19)23-11-4-7-20(23)24)29(25,26)22-10-12-28-14-15-5-2-3-6-17(15)21/h2-3,5-6,8-9,13,22H,4,7,10-12,14H2,1H3. The molecule has 1 heterocycles. The minimum Gasteiger partial charge on any atom is -0.495 e. The van der Waals surface area contributed by atoms with E-state index >= 15 is 0 Å². The first-order valence-corrected chi connectivity index (χ1v) is 11.9. The summed E-state index contributed by atoms with van der Waals surface area (Å²) in [5, 5.41) is 0. The normalized spacial score (nSPS) is 14.4. The number of hydrogen-bond acceptors (Lipinski definition) is 5. The quantitative estimate of drug-likeness (QED) is 0.609. The predicted octanol–water partition coefficient (Wildman–Crippen LogP) is 3.17. The van der Waals surface area contributed by atoms with Gasteiger partial charge in [0.1, 0.15) is 11.6 Å². The van der Waals surface area contributed by atoms with Gasteiger partial charge in [-0.3, -0.25) is 4.79 Å². The van der Waals surface area contributed by atoms with E-state index in [1.165, 1.54) is 37.1 Å². The number of nitrogens with zero attached hydrogens (tertiary/aromatic N) is 1. The second kappa shape index (κ2) is 9.60. The number of carbonyl (C=O) groups is 1. The van der Waals surface area contributed by atoms with Crippen molar-refractivity contribution in [3.8, 4) is 5.75 Å². The van der Waals surface area contributed by atoms with Crippen LogP contribution in [0.15, 0.2) is 47.4 Å². The van der Waals surface area contributed by atoms with Gasteiger partial charge < -0.3 is 9.64 Å². The van der Waals surface area contributed by atoms with Crippen molar-refractivity contribution in [1.82, 2.24) is 4.72 Å². The number of thioether (sulfide) groups is 1. The number of nitrogens with one attached hydrogen (secondary N) is 1. The molecule has 29 heavy (non-hydrogen) atoms. The SMILES string of the molecule is COc1ccc(S(=O)(=O)NCCSCc2ccccc2F)cc1N1CCCC1=O. The van der Waals surface area contributed by atoms with Gasteiger partial charge in [0.25, 0.3) is 0 Å². The van der Waals surface area contributed by atoms with E-state index in [9.17, 15) is 17.6 Å². The Kier molecular flexibility index (Phi) is 7.15. The Morgan fingerprint density at radius 2 is 2.03 bits per heavy atom. The molecule has 0 aliphatic carbocycles. The minimum atomic E-state index is -3.74. The maximum absolute atomic E-state index is 13.6. The highest BCUT2D eigenvalue weighted by Crippen LogP contribution is 2.33. The van der Waals surface area contributed by atoms with Gasteiger partial charge in [0, 0.05) is 31.0 Å². The van der Waals surface area contributed by atoms with Gasteiger partial charge in [-0.25, -0.2) is 17.5 Å². The molecule has 0 spiro atoms. The largest absolute Gasteiger partial charge is 0.495 e. The Balaban J connectivity index is 1.61. The number of amides is 1. The van der Waals surface area contributed by atoms with E-state index in [2.05, 4.69) is 4.72 Å². The molecular weight excluding hydrogens is 415 g/mol. The van der Waals surface area contributed by atoms with Crippen LogP contribution in [0.2, 0.25) is 0 Å². The molecule has 1 saturated heterocycles. The van der Waals surface area contributed by atoms with Crippen LogP contribution < -0.4 is 14.4 Å². The molecule has 0 unspecified atom stereocenters. The molecule has 0 saturated carbocycles.